The Morgan fingerprint density at radius 3 is 2.55 bits per heavy atom. The topological polar surface area (TPSA) is 163 Å². The molecule has 1 fully saturated rings. The maximum absolute atomic E-state index is 10.9. The Bertz CT molecular complexity index is 983. The molecule has 1 heterocycles. The van der Waals surface area contributed by atoms with Gasteiger partial charge in [-0.15, -0.1) is 0 Å². The van der Waals surface area contributed by atoms with Crippen LogP contribution in [-0.2, 0) is 15.0 Å². The van der Waals surface area contributed by atoms with Crippen molar-refractivity contribution in [3.05, 3.63) is 35.7 Å². The van der Waals surface area contributed by atoms with Crippen LogP contribution in [0.2, 0.25) is 0 Å². The zero-order valence-corrected chi connectivity index (χ0v) is 18.0. The summed E-state index contributed by atoms with van der Waals surface area (Å²) in [6.07, 6.45) is 8.06. The van der Waals surface area contributed by atoms with Crippen molar-refractivity contribution < 1.29 is 14.7 Å². The maximum atomic E-state index is 10.9. The summed E-state index contributed by atoms with van der Waals surface area (Å²) in [6.45, 7) is 3.44. The van der Waals surface area contributed by atoms with Crippen molar-refractivity contribution >= 4 is 17.4 Å². The quantitative estimate of drug-likeness (QED) is 0.547. The molecule has 1 amide bonds. The third-order valence-corrected chi connectivity index (χ3v) is 5.62. The maximum Gasteiger partial charge on any atom is 0.258 e. The molecular weight excluding hydrogens is 396 g/mol. The Balaban J connectivity index is 0.000000330. The lowest BCUT2D eigenvalue weighted by Gasteiger charge is -2.34. The number of amides is 1. The lowest BCUT2D eigenvalue weighted by atomic mass is 9.70. The Kier molecular flexibility index (Phi) is 6.74. The van der Waals surface area contributed by atoms with Crippen LogP contribution in [0.15, 0.2) is 29.7 Å². The smallest absolute Gasteiger partial charge is 0.258 e. The number of anilines is 1. The number of hydrogen-bond donors (Lipinski definition) is 4. The van der Waals surface area contributed by atoms with Crippen LogP contribution in [0.25, 0.3) is 11.3 Å². The number of benzene rings is 1. The van der Waals surface area contributed by atoms with Gasteiger partial charge in [-0.2, -0.15) is 0 Å². The van der Waals surface area contributed by atoms with Gasteiger partial charge in [0.15, 0.2) is 6.61 Å². The van der Waals surface area contributed by atoms with Gasteiger partial charge < -0.3 is 27.1 Å². The molecule has 0 radical (unpaired) electrons. The molecule has 9 nitrogen and oxygen atoms in total. The Hall–Kier alpha value is -3.20. The number of phenols is 1. The van der Waals surface area contributed by atoms with Crippen molar-refractivity contribution in [2.75, 3.05) is 12.3 Å². The second-order valence-electron chi connectivity index (χ2n) is 8.42. The number of nitrogens with zero attached hydrogens (tertiary/aromatic N) is 3. The van der Waals surface area contributed by atoms with E-state index in [2.05, 4.69) is 15.1 Å². The predicted octanol–water partition coefficient (Wildman–Crippen LogP) is 2.21. The Morgan fingerprint density at radius 2 is 1.94 bits per heavy atom. The minimum Gasteiger partial charge on any atom is -0.508 e. The van der Waals surface area contributed by atoms with Crippen molar-refractivity contribution in [2.45, 2.75) is 57.4 Å². The van der Waals surface area contributed by atoms with Gasteiger partial charge in [-0.3, -0.25) is 4.79 Å². The number of phenolic OH excluding ortho intramolecular Hbond substituents is 1. The molecule has 1 saturated carbocycles. The first-order chi connectivity index (χ1) is 14.7. The summed E-state index contributed by atoms with van der Waals surface area (Å²) in [5.41, 5.74) is 19.4. The van der Waals surface area contributed by atoms with Gasteiger partial charge in [0, 0.05) is 28.1 Å². The van der Waals surface area contributed by atoms with Crippen LogP contribution < -0.4 is 17.2 Å². The second kappa shape index (κ2) is 9.30. The highest BCUT2D eigenvalue weighted by Crippen LogP contribution is 2.45. The van der Waals surface area contributed by atoms with E-state index in [-0.39, 0.29) is 12.4 Å². The first kappa shape index (κ1) is 22.5. The summed E-state index contributed by atoms with van der Waals surface area (Å²) in [6, 6.07) is 5.40. The number of aromatic nitrogens is 2. The van der Waals surface area contributed by atoms with Crippen LogP contribution in [0.4, 0.5) is 5.82 Å². The Morgan fingerprint density at radius 1 is 1.23 bits per heavy atom. The summed E-state index contributed by atoms with van der Waals surface area (Å²) in [5.74, 6) is -0.212. The summed E-state index contributed by atoms with van der Waals surface area (Å²) < 4.78 is 0. The number of hydrogen-bond acceptors (Lipinski definition) is 8. The average molecular weight is 427 g/mol. The van der Waals surface area contributed by atoms with E-state index in [0.717, 1.165) is 5.56 Å². The molecule has 2 aromatic rings. The zero-order chi connectivity index (χ0) is 22.6. The van der Waals surface area contributed by atoms with Gasteiger partial charge in [0.05, 0.1) is 11.4 Å². The molecule has 31 heavy (non-hydrogen) atoms. The number of nitrogens with two attached hydrogens (primary N) is 3. The average Bonchev–Trinajstić information content (AvgIpc) is 2.71. The molecule has 0 atom stereocenters. The molecule has 1 aromatic heterocycles. The molecule has 0 aliphatic heterocycles. The van der Waals surface area contributed by atoms with E-state index in [1.807, 2.05) is 13.8 Å². The number of carbonyl (C=O) groups is 1. The van der Waals surface area contributed by atoms with Crippen molar-refractivity contribution in [3.63, 3.8) is 0 Å². The normalized spacial score (nSPS) is 18.4. The van der Waals surface area contributed by atoms with Crippen LogP contribution in [0.5, 0.6) is 5.75 Å². The molecule has 2 aliphatic carbocycles. The van der Waals surface area contributed by atoms with E-state index in [9.17, 15) is 9.90 Å². The largest absolute Gasteiger partial charge is 0.508 e. The highest BCUT2D eigenvalue weighted by atomic mass is 16.6. The van der Waals surface area contributed by atoms with Crippen LogP contribution in [-0.4, -0.2) is 39.3 Å². The van der Waals surface area contributed by atoms with Crippen LogP contribution in [0.3, 0.4) is 0 Å². The van der Waals surface area contributed by atoms with E-state index in [1.165, 1.54) is 38.4 Å². The van der Waals surface area contributed by atoms with Crippen molar-refractivity contribution in [1.82, 2.24) is 9.97 Å². The lowest BCUT2D eigenvalue weighted by molar-refractivity contribution is -0.122. The number of primary amides is 1. The monoisotopic (exact) mass is 426 g/mol. The number of carbonyl (C=O) groups excluding carboxylic acids is 1. The van der Waals surface area contributed by atoms with E-state index >= 15 is 0 Å². The molecule has 1 aromatic carbocycles. The molecule has 0 unspecified atom stereocenters. The highest BCUT2D eigenvalue weighted by molar-refractivity contribution is 6.15. The lowest BCUT2D eigenvalue weighted by Crippen LogP contribution is -2.36. The number of fused-ring (bicyclic) bond motifs is 3. The predicted molar refractivity (Wildman–Crippen MR) is 119 cm³/mol. The first-order valence-corrected chi connectivity index (χ1v) is 10.4. The van der Waals surface area contributed by atoms with Crippen molar-refractivity contribution in [3.8, 4) is 17.0 Å². The molecule has 0 spiro atoms. The fourth-order valence-electron chi connectivity index (χ4n) is 4.07. The summed E-state index contributed by atoms with van der Waals surface area (Å²) >= 11 is 0. The number of aromatic hydroxyl groups is 1. The third-order valence-electron chi connectivity index (χ3n) is 5.62. The van der Waals surface area contributed by atoms with Crippen molar-refractivity contribution in [2.24, 2.45) is 16.6 Å². The molecule has 0 saturated heterocycles. The van der Waals surface area contributed by atoms with E-state index in [4.69, 9.17) is 22.0 Å². The molecule has 0 bridgehead atoms. The minimum absolute atomic E-state index is 0.0811. The third kappa shape index (κ3) is 4.93. The fraction of sp³-hybridized carbons (Fsp3) is 0.455. The Labute approximate surface area is 181 Å². The van der Waals surface area contributed by atoms with E-state index in [0.29, 0.717) is 34.4 Å². The number of nitrogen functional groups attached to an aromatic ring is 1. The minimum atomic E-state index is -0.695. The SMILES string of the molecule is CC1(C)/C(=N/OCC(N)=O)c2cc(O)ccc2-c2ncnc(N)c21.NC1CCCCC1. The second-order valence-corrected chi connectivity index (χ2v) is 8.42. The van der Waals surface area contributed by atoms with Gasteiger partial charge in [0.2, 0.25) is 0 Å². The van der Waals surface area contributed by atoms with Crippen LogP contribution >= 0.6 is 0 Å². The zero-order valence-electron chi connectivity index (χ0n) is 18.0. The standard InChI is InChI=1S/C16H17N5O3.C6H13N/c1-16(2)12-13(19-7-20-15(12)18)9-4-3-8(22)5-10(9)14(16)21-24-6-11(17)23;7-6-4-2-1-3-5-6/h3-5,7,22H,6H2,1-2H3,(H2,17,23)(H2,18,19,20);6H,1-5,7H2/b21-14+;. The van der Waals surface area contributed by atoms with Gasteiger partial charge in [0.25, 0.3) is 5.91 Å². The fourth-order valence-corrected chi connectivity index (χ4v) is 4.07. The molecular formula is C22H30N6O3. The number of oxime groups is 1. The summed E-state index contributed by atoms with van der Waals surface area (Å²) in [4.78, 5) is 24.4. The van der Waals surface area contributed by atoms with E-state index in [1.54, 1.807) is 18.2 Å². The van der Waals surface area contributed by atoms with Gasteiger partial charge in [-0.05, 0) is 44.9 Å². The van der Waals surface area contributed by atoms with E-state index < -0.39 is 11.3 Å². The molecule has 2 aliphatic rings. The van der Waals surface area contributed by atoms with Gasteiger partial charge >= 0.3 is 0 Å². The van der Waals surface area contributed by atoms with Gasteiger partial charge in [-0.1, -0.05) is 24.4 Å². The first-order valence-electron chi connectivity index (χ1n) is 10.4. The van der Waals surface area contributed by atoms with Gasteiger partial charge in [0.1, 0.15) is 17.9 Å². The van der Waals surface area contributed by atoms with Crippen LogP contribution in [0, 0.1) is 0 Å². The summed E-state index contributed by atoms with van der Waals surface area (Å²) in [7, 11) is 0. The molecule has 166 valence electrons. The highest BCUT2D eigenvalue weighted by Gasteiger charge is 2.40. The summed E-state index contributed by atoms with van der Waals surface area (Å²) in [5, 5.41) is 14.0. The molecule has 9 heteroatoms. The number of rotatable bonds is 3. The van der Waals surface area contributed by atoms with Crippen LogP contribution in [0.1, 0.15) is 57.1 Å². The molecule has 4 rings (SSSR count). The van der Waals surface area contributed by atoms with Crippen molar-refractivity contribution in [1.29, 1.82) is 0 Å². The van der Waals surface area contributed by atoms with Gasteiger partial charge in [-0.25, -0.2) is 9.97 Å². The molecule has 7 N–H and O–H groups in total.